The van der Waals surface area contributed by atoms with Crippen LogP contribution in [0.4, 0.5) is 0 Å². The maximum atomic E-state index is 12.8. The summed E-state index contributed by atoms with van der Waals surface area (Å²) in [6.07, 6.45) is 2.71. The molecule has 0 bridgehead atoms. The minimum Gasteiger partial charge on any atom is -0.350 e. The number of para-hydroxylation sites is 1. The van der Waals surface area contributed by atoms with Crippen molar-refractivity contribution in [1.29, 1.82) is 0 Å². The smallest absolute Gasteiger partial charge is 0.252 e. The quantitative estimate of drug-likeness (QED) is 0.737. The van der Waals surface area contributed by atoms with Gasteiger partial charge in [0.1, 0.15) is 0 Å². The van der Waals surface area contributed by atoms with Crippen molar-refractivity contribution in [2.75, 3.05) is 20.6 Å². The third kappa shape index (κ3) is 3.92. The van der Waals surface area contributed by atoms with E-state index >= 15 is 0 Å². The Morgan fingerprint density at radius 1 is 1.08 bits per heavy atom. The predicted molar refractivity (Wildman–Crippen MR) is 106 cm³/mol. The van der Waals surface area contributed by atoms with E-state index in [0.29, 0.717) is 12.1 Å². The number of pyridine rings is 1. The highest BCUT2D eigenvalue weighted by atomic mass is 16.1. The van der Waals surface area contributed by atoms with Gasteiger partial charge in [0, 0.05) is 18.1 Å². The molecule has 0 saturated heterocycles. The molecule has 4 nitrogen and oxygen atoms in total. The SMILES string of the molecule is CCc1ccc(C(CNC(=O)c2ccnc3ccccc23)N(C)C)cc1. The van der Waals surface area contributed by atoms with E-state index in [4.69, 9.17) is 0 Å². The van der Waals surface area contributed by atoms with E-state index in [-0.39, 0.29) is 11.9 Å². The van der Waals surface area contributed by atoms with Crippen molar-refractivity contribution in [3.8, 4) is 0 Å². The summed E-state index contributed by atoms with van der Waals surface area (Å²) in [5.41, 5.74) is 4.01. The molecule has 3 rings (SSSR count). The van der Waals surface area contributed by atoms with Gasteiger partial charge in [0.15, 0.2) is 0 Å². The van der Waals surface area contributed by atoms with Crippen molar-refractivity contribution < 1.29 is 4.79 Å². The average Bonchev–Trinajstić information content (AvgIpc) is 2.67. The Morgan fingerprint density at radius 2 is 1.81 bits per heavy atom. The number of hydrogen-bond acceptors (Lipinski definition) is 3. The zero-order valence-corrected chi connectivity index (χ0v) is 15.6. The first-order valence-corrected chi connectivity index (χ1v) is 8.97. The summed E-state index contributed by atoms with van der Waals surface area (Å²) in [5, 5.41) is 3.97. The zero-order valence-electron chi connectivity index (χ0n) is 15.6. The fourth-order valence-electron chi connectivity index (χ4n) is 3.15. The van der Waals surface area contributed by atoms with E-state index in [2.05, 4.69) is 46.4 Å². The van der Waals surface area contributed by atoms with Gasteiger partial charge in [-0.25, -0.2) is 0 Å². The van der Waals surface area contributed by atoms with Crippen LogP contribution in [-0.2, 0) is 6.42 Å². The molecule has 0 aliphatic rings. The third-order valence-electron chi connectivity index (χ3n) is 4.75. The van der Waals surface area contributed by atoms with Gasteiger partial charge < -0.3 is 10.2 Å². The first kappa shape index (κ1) is 18.1. The molecule has 0 radical (unpaired) electrons. The molecule has 0 aliphatic carbocycles. The first-order valence-electron chi connectivity index (χ1n) is 8.97. The lowest BCUT2D eigenvalue weighted by molar-refractivity contribution is 0.0943. The minimum atomic E-state index is -0.0689. The van der Waals surface area contributed by atoms with E-state index in [1.165, 1.54) is 11.1 Å². The number of carbonyl (C=O) groups excluding carboxylic acids is 1. The molecule has 0 fully saturated rings. The minimum absolute atomic E-state index is 0.0689. The lowest BCUT2D eigenvalue weighted by atomic mass is 10.0. The van der Waals surface area contributed by atoms with Crippen LogP contribution in [0.15, 0.2) is 60.8 Å². The average molecular weight is 347 g/mol. The van der Waals surface area contributed by atoms with E-state index in [0.717, 1.165) is 17.3 Å². The standard InChI is InChI=1S/C22H25N3O/c1-4-16-9-11-17(12-10-16)21(25(2)3)15-24-22(26)19-13-14-23-20-8-6-5-7-18(19)20/h5-14,21H,4,15H2,1-3H3,(H,24,26). The number of benzene rings is 2. The maximum absolute atomic E-state index is 12.8. The number of aromatic nitrogens is 1. The van der Waals surface area contributed by atoms with Crippen molar-refractivity contribution >= 4 is 16.8 Å². The van der Waals surface area contributed by atoms with Crippen LogP contribution in [0.1, 0.15) is 34.5 Å². The number of likely N-dealkylation sites (N-methyl/N-ethyl adjacent to an activating group) is 1. The molecular weight excluding hydrogens is 322 g/mol. The Hall–Kier alpha value is -2.72. The number of amides is 1. The normalized spacial score (nSPS) is 12.3. The largest absolute Gasteiger partial charge is 0.350 e. The van der Waals surface area contributed by atoms with Gasteiger partial charge >= 0.3 is 0 Å². The van der Waals surface area contributed by atoms with E-state index < -0.39 is 0 Å². The van der Waals surface area contributed by atoms with Gasteiger partial charge in [0.2, 0.25) is 0 Å². The van der Waals surface area contributed by atoms with Crippen molar-refractivity contribution in [2.24, 2.45) is 0 Å². The second-order valence-electron chi connectivity index (χ2n) is 6.66. The number of fused-ring (bicyclic) bond motifs is 1. The number of hydrogen-bond donors (Lipinski definition) is 1. The van der Waals surface area contributed by atoms with Crippen LogP contribution in [0, 0.1) is 0 Å². The molecule has 0 aliphatic heterocycles. The van der Waals surface area contributed by atoms with Crippen LogP contribution < -0.4 is 5.32 Å². The fraction of sp³-hybridized carbons (Fsp3) is 0.273. The summed E-state index contributed by atoms with van der Waals surface area (Å²) >= 11 is 0. The van der Waals surface area contributed by atoms with E-state index in [1.807, 2.05) is 38.4 Å². The molecule has 2 aromatic carbocycles. The molecule has 1 unspecified atom stereocenters. The Balaban J connectivity index is 1.77. The Morgan fingerprint density at radius 3 is 2.50 bits per heavy atom. The van der Waals surface area contributed by atoms with Crippen LogP contribution in [0.3, 0.4) is 0 Å². The number of carbonyl (C=O) groups is 1. The summed E-state index contributed by atoms with van der Waals surface area (Å²) < 4.78 is 0. The summed E-state index contributed by atoms with van der Waals surface area (Å²) in [6.45, 7) is 2.70. The van der Waals surface area contributed by atoms with Gasteiger partial charge in [-0.3, -0.25) is 9.78 Å². The maximum Gasteiger partial charge on any atom is 0.252 e. The molecule has 1 N–H and O–H groups in total. The van der Waals surface area contributed by atoms with E-state index in [9.17, 15) is 4.79 Å². The van der Waals surface area contributed by atoms with E-state index in [1.54, 1.807) is 12.3 Å². The second kappa shape index (κ2) is 8.11. The Bertz CT molecular complexity index is 882. The lowest BCUT2D eigenvalue weighted by Crippen LogP contribution is -2.34. The molecule has 1 heterocycles. The monoisotopic (exact) mass is 347 g/mol. The molecule has 1 amide bonds. The molecule has 134 valence electrons. The van der Waals surface area contributed by atoms with Gasteiger partial charge in [-0.15, -0.1) is 0 Å². The lowest BCUT2D eigenvalue weighted by Gasteiger charge is -2.25. The zero-order chi connectivity index (χ0) is 18.5. The van der Waals surface area contributed by atoms with Crippen LogP contribution >= 0.6 is 0 Å². The molecule has 0 spiro atoms. The van der Waals surface area contributed by atoms with Crippen molar-refractivity contribution in [3.05, 3.63) is 77.5 Å². The van der Waals surface area contributed by atoms with Crippen LogP contribution in [0.5, 0.6) is 0 Å². The molecular formula is C22H25N3O. The molecule has 1 aromatic heterocycles. The summed E-state index contributed by atoms with van der Waals surface area (Å²) in [5.74, 6) is -0.0689. The van der Waals surface area contributed by atoms with Gasteiger partial charge in [0.25, 0.3) is 5.91 Å². The summed E-state index contributed by atoms with van der Waals surface area (Å²) in [7, 11) is 4.07. The molecule has 3 aromatic rings. The molecule has 0 saturated carbocycles. The molecule has 26 heavy (non-hydrogen) atoms. The fourth-order valence-corrected chi connectivity index (χ4v) is 3.15. The second-order valence-corrected chi connectivity index (χ2v) is 6.66. The highest BCUT2D eigenvalue weighted by Gasteiger charge is 2.17. The first-order chi connectivity index (χ1) is 12.6. The molecule has 1 atom stereocenters. The van der Waals surface area contributed by atoms with Crippen molar-refractivity contribution in [1.82, 2.24) is 15.2 Å². The highest BCUT2D eigenvalue weighted by molar-refractivity contribution is 6.05. The topological polar surface area (TPSA) is 45.2 Å². The van der Waals surface area contributed by atoms with Crippen LogP contribution in [0.2, 0.25) is 0 Å². The van der Waals surface area contributed by atoms with Gasteiger partial charge in [-0.2, -0.15) is 0 Å². The number of nitrogens with one attached hydrogen (secondary N) is 1. The number of aryl methyl sites for hydroxylation is 1. The van der Waals surface area contributed by atoms with Crippen molar-refractivity contribution in [2.45, 2.75) is 19.4 Å². The summed E-state index contributed by atoms with van der Waals surface area (Å²) in [4.78, 5) is 19.2. The highest BCUT2D eigenvalue weighted by Crippen LogP contribution is 2.20. The Kier molecular flexibility index (Phi) is 5.64. The predicted octanol–water partition coefficient (Wildman–Crippen LogP) is 3.83. The van der Waals surface area contributed by atoms with Gasteiger partial charge in [0.05, 0.1) is 17.1 Å². The van der Waals surface area contributed by atoms with Gasteiger partial charge in [-0.1, -0.05) is 49.4 Å². The summed E-state index contributed by atoms with van der Waals surface area (Å²) in [6, 6.07) is 18.2. The van der Waals surface area contributed by atoms with Crippen LogP contribution in [-0.4, -0.2) is 36.4 Å². The van der Waals surface area contributed by atoms with Crippen molar-refractivity contribution in [3.63, 3.8) is 0 Å². The third-order valence-corrected chi connectivity index (χ3v) is 4.75. The number of nitrogens with zero attached hydrogens (tertiary/aromatic N) is 2. The Labute approximate surface area is 154 Å². The van der Waals surface area contributed by atoms with Gasteiger partial charge in [-0.05, 0) is 43.8 Å². The number of rotatable bonds is 6. The van der Waals surface area contributed by atoms with Crippen LogP contribution in [0.25, 0.3) is 10.9 Å². The molecule has 4 heteroatoms.